The van der Waals surface area contributed by atoms with E-state index in [4.69, 9.17) is 0 Å². The van der Waals surface area contributed by atoms with Gasteiger partial charge >= 0.3 is 0 Å². The van der Waals surface area contributed by atoms with E-state index in [9.17, 15) is 4.39 Å². The van der Waals surface area contributed by atoms with Gasteiger partial charge in [0.1, 0.15) is 5.82 Å². The van der Waals surface area contributed by atoms with Gasteiger partial charge < -0.3 is 0 Å². The van der Waals surface area contributed by atoms with E-state index < -0.39 is 0 Å². The van der Waals surface area contributed by atoms with Gasteiger partial charge in [0.25, 0.3) is 0 Å². The molecule has 4 heteroatoms. The van der Waals surface area contributed by atoms with Crippen molar-refractivity contribution in [2.75, 3.05) is 19.6 Å². The fraction of sp³-hybridized carbons (Fsp3) is 0.259. The second-order valence-corrected chi connectivity index (χ2v) is 7.96. The number of rotatable bonds is 4. The maximum atomic E-state index is 13.9. The minimum absolute atomic E-state index is 0. The zero-order valence-corrected chi connectivity index (χ0v) is 18.6. The molecule has 0 aliphatic carbocycles. The molecule has 1 aliphatic heterocycles. The minimum atomic E-state index is -0.108. The smallest absolute Gasteiger partial charge is 0.127 e. The fourth-order valence-corrected chi connectivity index (χ4v) is 3.91. The summed E-state index contributed by atoms with van der Waals surface area (Å²) in [5, 5.41) is 0. The molecule has 0 N–H and O–H groups in total. The summed E-state index contributed by atoms with van der Waals surface area (Å²) in [7, 11) is 0. The lowest BCUT2D eigenvalue weighted by Gasteiger charge is -2.40. The number of benzene rings is 3. The monoisotopic (exact) mass is 434 g/mol. The maximum absolute atomic E-state index is 13.9. The van der Waals surface area contributed by atoms with E-state index in [0.29, 0.717) is 12.6 Å². The molecule has 1 aliphatic rings. The molecule has 1 heterocycles. The van der Waals surface area contributed by atoms with Gasteiger partial charge in [0.05, 0.1) is 0 Å². The van der Waals surface area contributed by atoms with Crippen molar-refractivity contribution in [1.29, 1.82) is 0 Å². The summed E-state index contributed by atoms with van der Waals surface area (Å²) in [6.07, 6.45) is 0. The van der Waals surface area contributed by atoms with Gasteiger partial charge in [-0.05, 0) is 42.8 Å². The second-order valence-electron chi connectivity index (χ2n) is 7.96. The third-order valence-corrected chi connectivity index (χ3v) is 5.67. The molecule has 2 nitrogen and oxygen atoms in total. The van der Waals surface area contributed by atoms with Crippen LogP contribution in [0, 0.1) is 17.7 Å². The van der Waals surface area contributed by atoms with Crippen LogP contribution in [0.1, 0.15) is 29.2 Å². The molecule has 1 atom stereocenters. The highest BCUT2D eigenvalue weighted by Gasteiger charge is 2.24. The van der Waals surface area contributed by atoms with Crippen molar-refractivity contribution in [2.45, 2.75) is 26.1 Å². The first-order chi connectivity index (χ1) is 14.7. The number of hydrogen-bond acceptors (Lipinski definition) is 2. The number of nitrogens with zero attached hydrogens (tertiary/aromatic N) is 2. The first kappa shape index (κ1) is 23.0. The van der Waals surface area contributed by atoms with Crippen LogP contribution in [-0.2, 0) is 13.1 Å². The number of halogens is 2. The third kappa shape index (κ3) is 6.42. The Bertz CT molecular complexity index is 1020. The van der Waals surface area contributed by atoms with E-state index in [1.165, 1.54) is 5.56 Å². The van der Waals surface area contributed by atoms with E-state index in [0.717, 1.165) is 42.9 Å². The third-order valence-electron chi connectivity index (χ3n) is 5.67. The molecule has 0 bridgehead atoms. The van der Waals surface area contributed by atoms with Crippen molar-refractivity contribution in [3.8, 4) is 11.8 Å². The van der Waals surface area contributed by atoms with Crippen molar-refractivity contribution in [2.24, 2.45) is 0 Å². The normalized spacial score (nSPS) is 16.8. The molecule has 0 saturated carbocycles. The average molecular weight is 435 g/mol. The standard InChI is InChI=1S/C27H27FN2.ClH/c1-22-19-29(21-26-9-5-6-10-27(26)28)17-18-30(22)20-25-15-13-24(14-16-25)12-11-23-7-3-2-4-8-23;/h2-10,13-16,22H,17-21H2,1H3;1H/t22-;/m1./s1. The van der Waals surface area contributed by atoms with Crippen molar-refractivity contribution < 1.29 is 4.39 Å². The lowest BCUT2D eigenvalue weighted by atomic mass is 10.1. The molecule has 0 aromatic heterocycles. The zero-order chi connectivity index (χ0) is 20.8. The molecule has 0 spiro atoms. The minimum Gasteiger partial charge on any atom is -0.296 e. The summed E-state index contributed by atoms with van der Waals surface area (Å²) in [5.74, 6) is 6.33. The molecule has 0 unspecified atom stereocenters. The van der Waals surface area contributed by atoms with Crippen LogP contribution in [0.25, 0.3) is 0 Å². The number of hydrogen-bond donors (Lipinski definition) is 0. The van der Waals surface area contributed by atoms with Gasteiger partial charge in [0, 0.05) is 55.5 Å². The summed E-state index contributed by atoms with van der Waals surface area (Å²) in [6, 6.07) is 26.1. The van der Waals surface area contributed by atoms with E-state index >= 15 is 0 Å². The highest BCUT2D eigenvalue weighted by Crippen LogP contribution is 2.17. The van der Waals surface area contributed by atoms with Crippen molar-refractivity contribution in [1.82, 2.24) is 9.80 Å². The van der Waals surface area contributed by atoms with Gasteiger partial charge in [0.15, 0.2) is 0 Å². The van der Waals surface area contributed by atoms with E-state index in [1.54, 1.807) is 12.1 Å². The molecular weight excluding hydrogens is 407 g/mol. The Kier molecular flexibility index (Phi) is 8.26. The van der Waals surface area contributed by atoms with E-state index in [2.05, 4.69) is 52.8 Å². The van der Waals surface area contributed by atoms with Crippen LogP contribution in [0.15, 0.2) is 78.9 Å². The molecule has 0 radical (unpaired) electrons. The van der Waals surface area contributed by atoms with Crippen molar-refractivity contribution >= 4 is 12.4 Å². The zero-order valence-electron chi connectivity index (χ0n) is 17.8. The predicted molar refractivity (Wildman–Crippen MR) is 128 cm³/mol. The maximum Gasteiger partial charge on any atom is 0.127 e. The second kappa shape index (κ2) is 11.1. The number of piperazine rings is 1. The molecule has 160 valence electrons. The van der Waals surface area contributed by atoms with Gasteiger partial charge in [0.2, 0.25) is 0 Å². The van der Waals surface area contributed by atoms with Gasteiger partial charge in [-0.25, -0.2) is 4.39 Å². The van der Waals surface area contributed by atoms with Crippen LogP contribution in [0.4, 0.5) is 4.39 Å². The highest BCUT2D eigenvalue weighted by atomic mass is 35.5. The van der Waals surface area contributed by atoms with Gasteiger partial charge in [-0.1, -0.05) is 60.4 Å². The molecule has 31 heavy (non-hydrogen) atoms. The topological polar surface area (TPSA) is 6.48 Å². The van der Waals surface area contributed by atoms with Crippen LogP contribution in [0.2, 0.25) is 0 Å². The van der Waals surface area contributed by atoms with Crippen LogP contribution in [0.5, 0.6) is 0 Å². The lowest BCUT2D eigenvalue weighted by molar-refractivity contribution is 0.0726. The Morgan fingerprint density at radius 2 is 1.45 bits per heavy atom. The molecule has 4 rings (SSSR count). The van der Waals surface area contributed by atoms with Crippen molar-refractivity contribution in [3.63, 3.8) is 0 Å². The van der Waals surface area contributed by atoms with Gasteiger partial charge in [-0.2, -0.15) is 0 Å². The van der Waals surface area contributed by atoms with Gasteiger partial charge in [-0.15, -0.1) is 12.4 Å². The largest absolute Gasteiger partial charge is 0.296 e. The summed E-state index contributed by atoms with van der Waals surface area (Å²) in [4.78, 5) is 4.85. The van der Waals surface area contributed by atoms with Crippen LogP contribution >= 0.6 is 12.4 Å². The SMILES string of the molecule is C[C@@H]1CN(Cc2ccccc2F)CCN1Cc1ccc(C#Cc2ccccc2)cc1.Cl. The Balaban J connectivity index is 0.00000272. The molecule has 1 saturated heterocycles. The highest BCUT2D eigenvalue weighted by molar-refractivity contribution is 5.85. The average Bonchev–Trinajstić information content (AvgIpc) is 2.77. The summed E-state index contributed by atoms with van der Waals surface area (Å²) in [6.45, 7) is 6.77. The van der Waals surface area contributed by atoms with Crippen LogP contribution in [0.3, 0.4) is 0 Å². The Morgan fingerprint density at radius 3 is 2.13 bits per heavy atom. The Morgan fingerprint density at radius 1 is 0.806 bits per heavy atom. The molecule has 3 aromatic carbocycles. The van der Waals surface area contributed by atoms with Crippen LogP contribution < -0.4 is 0 Å². The summed E-state index contributed by atoms with van der Waals surface area (Å²) >= 11 is 0. The molecule has 1 fully saturated rings. The van der Waals surface area contributed by atoms with Crippen molar-refractivity contribution in [3.05, 3.63) is 107 Å². The summed E-state index contributed by atoms with van der Waals surface area (Å²) in [5.41, 5.74) is 4.15. The molecule has 0 amide bonds. The first-order valence-electron chi connectivity index (χ1n) is 10.5. The Hall–Kier alpha value is -2.64. The predicted octanol–water partition coefficient (Wildman–Crippen LogP) is 5.35. The fourth-order valence-electron chi connectivity index (χ4n) is 3.91. The summed E-state index contributed by atoms with van der Waals surface area (Å²) < 4.78 is 13.9. The first-order valence-corrected chi connectivity index (χ1v) is 10.5. The van der Waals surface area contributed by atoms with Gasteiger partial charge in [-0.3, -0.25) is 9.80 Å². The Labute approximate surface area is 191 Å². The molecule has 3 aromatic rings. The molecular formula is C27H28ClFN2. The van der Waals surface area contributed by atoms with Crippen LogP contribution in [-0.4, -0.2) is 35.5 Å². The lowest BCUT2D eigenvalue weighted by Crippen LogP contribution is -2.50. The van der Waals surface area contributed by atoms with E-state index in [1.807, 2.05) is 42.5 Å². The quantitative estimate of drug-likeness (QED) is 0.510. The van der Waals surface area contributed by atoms with E-state index in [-0.39, 0.29) is 18.2 Å².